The van der Waals surface area contributed by atoms with Crippen molar-refractivity contribution < 1.29 is 19.4 Å². The van der Waals surface area contributed by atoms with E-state index in [4.69, 9.17) is 9.84 Å². The third kappa shape index (κ3) is 2.44. The van der Waals surface area contributed by atoms with Gasteiger partial charge in [-0.05, 0) is 12.8 Å². The van der Waals surface area contributed by atoms with Gasteiger partial charge < -0.3 is 20.5 Å². The summed E-state index contributed by atoms with van der Waals surface area (Å²) < 4.78 is 5.55. The minimum Gasteiger partial charge on any atom is -0.481 e. The smallest absolute Gasteiger partial charge is 0.315 e. The Morgan fingerprint density at radius 1 is 1.44 bits per heavy atom. The van der Waals surface area contributed by atoms with Gasteiger partial charge in [0.2, 0.25) is 0 Å². The van der Waals surface area contributed by atoms with Crippen molar-refractivity contribution in [3.63, 3.8) is 0 Å². The standard InChI is InChI=1S/C10H16N2O4/c13-8(14)4-2-1-3-7-9-6(5-16-7)11-10(15)12-9/h6-7,9H,1-5H2,(H,13,14)(H2,11,12,15). The molecule has 2 amide bonds. The Morgan fingerprint density at radius 3 is 3.00 bits per heavy atom. The highest BCUT2D eigenvalue weighted by Gasteiger charge is 2.42. The van der Waals surface area contributed by atoms with Crippen LogP contribution in [0.2, 0.25) is 0 Å². The van der Waals surface area contributed by atoms with Crippen molar-refractivity contribution in [1.82, 2.24) is 10.6 Å². The molecular weight excluding hydrogens is 212 g/mol. The number of aliphatic carboxylic acids is 1. The van der Waals surface area contributed by atoms with Gasteiger partial charge >= 0.3 is 12.0 Å². The van der Waals surface area contributed by atoms with E-state index in [1.54, 1.807) is 0 Å². The normalized spacial score (nSPS) is 32.0. The number of hydrogen-bond acceptors (Lipinski definition) is 3. The zero-order valence-electron chi connectivity index (χ0n) is 8.94. The first-order valence-electron chi connectivity index (χ1n) is 5.57. The quantitative estimate of drug-likeness (QED) is 0.581. The molecule has 2 aliphatic heterocycles. The van der Waals surface area contributed by atoms with Gasteiger partial charge in [0.25, 0.3) is 0 Å². The molecule has 90 valence electrons. The Hall–Kier alpha value is -1.30. The summed E-state index contributed by atoms with van der Waals surface area (Å²) in [6, 6.07) is 0.00291. The molecule has 2 aliphatic rings. The Bertz CT molecular complexity index is 295. The molecule has 2 heterocycles. The minimum absolute atomic E-state index is 0.0257. The molecule has 0 radical (unpaired) electrons. The molecule has 0 aromatic rings. The largest absolute Gasteiger partial charge is 0.481 e. The first-order valence-corrected chi connectivity index (χ1v) is 5.57. The average Bonchev–Trinajstić information content (AvgIpc) is 2.72. The molecule has 0 bridgehead atoms. The van der Waals surface area contributed by atoms with Crippen molar-refractivity contribution in [2.75, 3.05) is 6.61 Å². The monoisotopic (exact) mass is 228 g/mol. The number of unbranched alkanes of at least 4 members (excludes halogenated alkanes) is 1. The molecule has 0 aliphatic carbocycles. The number of carbonyl (C=O) groups is 2. The van der Waals surface area contributed by atoms with E-state index in [0.717, 1.165) is 12.8 Å². The number of ether oxygens (including phenoxy) is 1. The van der Waals surface area contributed by atoms with Crippen LogP contribution in [0.15, 0.2) is 0 Å². The molecule has 2 saturated heterocycles. The van der Waals surface area contributed by atoms with Crippen LogP contribution in [0.3, 0.4) is 0 Å². The van der Waals surface area contributed by atoms with E-state index in [-0.39, 0.29) is 30.6 Å². The lowest BCUT2D eigenvalue weighted by atomic mass is 10.0. The summed E-state index contributed by atoms with van der Waals surface area (Å²) in [5.41, 5.74) is 0. The zero-order chi connectivity index (χ0) is 11.5. The number of carboxylic acids is 1. The maximum Gasteiger partial charge on any atom is 0.315 e. The number of fused-ring (bicyclic) bond motifs is 1. The predicted octanol–water partition coefficient (Wildman–Crippen LogP) is 0.0802. The summed E-state index contributed by atoms with van der Waals surface area (Å²) in [6.07, 6.45) is 2.50. The Labute approximate surface area is 93.3 Å². The van der Waals surface area contributed by atoms with Crippen LogP contribution in [-0.2, 0) is 9.53 Å². The summed E-state index contributed by atoms with van der Waals surface area (Å²) in [7, 11) is 0. The summed E-state index contributed by atoms with van der Waals surface area (Å²) in [4.78, 5) is 21.4. The summed E-state index contributed by atoms with van der Waals surface area (Å²) in [6.45, 7) is 0.549. The SMILES string of the molecule is O=C(O)CCCCC1OCC2NC(=O)NC21. The van der Waals surface area contributed by atoms with Crippen LogP contribution >= 0.6 is 0 Å². The summed E-state index contributed by atoms with van der Waals surface area (Å²) in [5, 5.41) is 14.1. The number of amides is 2. The van der Waals surface area contributed by atoms with Crippen LogP contribution < -0.4 is 10.6 Å². The molecule has 3 atom stereocenters. The Kier molecular flexibility index (Phi) is 3.28. The first kappa shape index (κ1) is 11.2. The van der Waals surface area contributed by atoms with Gasteiger partial charge in [-0.2, -0.15) is 0 Å². The summed E-state index contributed by atoms with van der Waals surface area (Å²) in [5.74, 6) is -0.763. The van der Waals surface area contributed by atoms with Crippen molar-refractivity contribution in [3.8, 4) is 0 Å². The third-order valence-electron chi connectivity index (χ3n) is 3.07. The van der Waals surface area contributed by atoms with Crippen LogP contribution in [0, 0.1) is 0 Å². The second-order valence-corrected chi connectivity index (χ2v) is 4.26. The maximum absolute atomic E-state index is 11.1. The number of hydrogen-bond donors (Lipinski definition) is 3. The molecule has 0 saturated carbocycles. The van der Waals surface area contributed by atoms with E-state index in [9.17, 15) is 9.59 Å². The molecular formula is C10H16N2O4. The van der Waals surface area contributed by atoms with Crippen LogP contribution in [0.1, 0.15) is 25.7 Å². The molecule has 6 heteroatoms. The van der Waals surface area contributed by atoms with Crippen LogP contribution in [0.4, 0.5) is 4.79 Å². The van der Waals surface area contributed by atoms with Gasteiger partial charge in [-0.1, -0.05) is 6.42 Å². The van der Waals surface area contributed by atoms with E-state index >= 15 is 0 Å². The average molecular weight is 228 g/mol. The van der Waals surface area contributed by atoms with Gasteiger partial charge in [0.15, 0.2) is 0 Å². The topological polar surface area (TPSA) is 87.7 Å². The van der Waals surface area contributed by atoms with Gasteiger partial charge in [0, 0.05) is 6.42 Å². The molecule has 2 fully saturated rings. The number of carboxylic acid groups (broad SMARTS) is 1. The van der Waals surface area contributed by atoms with Gasteiger partial charge in [-0.15, -0.1) is 0 Å². The molecule has 16 heavy (non-hydrogen) atoms. The maximum atomic E-state index is 11.1. The fraction of sp³-hybridized carbons (Fsp3) is 0.800. The van der Waals surface area contributed by atoms with Gasteiger partial charge in [-0.3, -0.25) is 4.79 Å². The Morgan fingerprint density at radius 2 is 2.25 bits per heavy atom. The van der Waals surface area contributed by atoms with Crippen molar-refractivity contribution in [1.29, 1.82) is 0 Å². The third-order valence-corrected chi connectivity index (χ3v) is 3.07. The van der Waals surface area contributed by atoms with Crippen molar-refractivity contribution >= 4 is 12.0 Å². The lowest BCUT2D eigenvalue weighted by Gasteiger charge is -2.15. The fourth-order valence-corrected chi connectivity index (χ4v) is 2.26. The molecule has 0 aromatic heterocycles. The highest BCUT2D eigenvalue weighted by Crippen LogP contribution is 2.22. The summed E-state index contributed by atoms with van der Waals surface area (Å²) >= 11 is 0. The second kappa shape index (κ2) is 4.69. The predicted molar refractivity (Wildman–Crippen MR) is 55.1 cm³/mol. The van der Waals surface area contributed by atoms with Gasteiger partial charge in [0.1, 0.15) is 0 Å². The van der Waals surface area contributed by atoms with Gasteiger partial charge in [-0.25, -0.2) is 4.79 Å². The van der Waals surface area contributed by atoms with E-state index in [1.165, 1.54) is 0 Å². The van der Waals surface area contributed by atoms with Crippen molar-refractivity contribution in [2.45, 2.75) is 43.9 Å². The van der Waals surface area contributed by atoms with E-state index in [1.807, 2.05) is 0 Å². The highest BCUT2D eigenvalue weighted by molar-refractivity contribution is 5.77. The molecule has 0 spiro atoms. The van der Waals surface area contributed by atoms with Crippen molar-refractivity contribution in [3.05, 3.63) is 0 Å². The number of urea groups is 1. The number of rotatable bonds is 5. The highest BCUT2D eigenvalue weighted by atomic mass is 16.5. The number of nitrogens with one attached hydrogen (secondary N) is 2. The van der Waals surface area contributed by atoms with Gasteiger partial charge in [0.05, 0.1) is 24.8 Å². The van der Waals surface area contributed by atoms with Crippen LogP contribution in [0.5, 0.6) is 0 Å². The van der Waals surface area contributed by atoms with E-state index < -0.39 is 5.97 Å². The second-order valence-electron chi connectivity index (χ2n) is 4.26. The first-order chi connectivity index (χ1) is 7.66. The minimum atomic E-state index is -0.763. The van der Waals surface area contributed by atoms with Crippen LogP contribution in [-0.4, -0.2) is 41.9 Å². The molecule has 2 rings (SSSR count). The fourth-order valence-electron chi connectivity index (χ4n) is 2.26. The van der Waals surface area contributed by atoms with E-state index in [2.05, 4.69) is 10.6 Å². The van der Waals surface area contributed by atoms with E-state index in [0.29, 0.717) is 13.0 Å². The zero-order valence-corrected chi connectivity index (χ0v) is 8.94. The molecule has 0 aromatic carbocycles. The number of carbonyl (C=O) groups excluding carboxylic acids is 1. The van der Waals surface area contributed by atoms with Crippen molar-refractivity contribution in [2.24, 2.45) is 0 Å². The molecule has 6 nitrogen and oxygen atoms in total. The van der Waals surface area contributed by atoms with Crippen LogP contribution in [0.25, 0.3) is 0 Å². The lowest BCUT2D eigenvalue weighted by Crippen LogP contribution is -2.37. The Balaban J connectivity index is 1.70. The lowest BCUT2D eigenvalue weighted by molar-refractivity contribution is -0.137. The molecule has 3 unspecified atom stereocenters. The molecule has 3 N–H and O–H groups in total.